The molecule has 1 aliphatic heterocycles. The molecule has 0 bridgehead atoms. The summed E-state index contributed by atoms with van der Waals surface area (Å²) in [4.78, 5) is 22.2. The molecule has 1 aromatic rings. The summed E-state index contributed by atoms with van der Waals surface area (Å²) in [6.45, 7) is -1.72. The van der Waals surface area contributed by atoms with Gasteiger partial charge in [0, 0.05) is 25.7 Å². The van der Waals surface area contributed by atoms with Crippen molar-refractivity contribution in [2.45, 2.75) is 11.1 Å². The van der Waals surface area contributed by atoms with Crippen molar-refractivity contribution in [3.05, 3.63) is 29.8 Å². The number of aliphatic carboxylic acids is 1. The Balaban J connectivity index is 2.31. The van der Waals surface area contributed by atoms with Crippen molar-refractivity contribution in [2.75, 3.05) is 20.1 Å². The SMILES string of the molecule is CNC(=O)c1ccc(S(=O)(=O)N2C[C@@H](C(F)(F)F)[C@H](C(=O)O)C2)cc1. The summed E-state index contributed by atoms with van der Waals surface area (Å²) >= 11 is 0. The van der Waals surface area contributed by atoms with Gasteiger partial charge in [0.05, 0.1) is 16.7 Å². The van der Waals surface area contributed by atoms with E-state index < -0.39 is 53.0 Å². The van der Waals surface area contributed by atoms with Crippen molar-refractivity contribution in [3.63, 3.8) is 0 Å². The number of halogens is 3. The number of hydrogen-bond acceptors (Lipinski definition) is 4. The maximum absolute atomic E-state index is 13.0. The summed E-state index contributed by atoms with van der Waals surface area (Å²) in [6, 6.07) is 4.63. The molecule has 1 amide bonds. The average Bonchev–Trinajstić information content (AvgIpc) is 3.01. The predicted octanol–water partition coefficient (Wildman–Crippen LogP) is 0.930. The number of benzene rings is 1. The average molecular weight is 380 g/mol. The Kier molecular flexibility index (Phi) is 5.09. The molecule has 2 N–H and O–H groups in total. The lowest BCUT2D eigenvalue weighted by Gasteiger charge is -2.18. The van der Waals surface area contributed by atoms with E-state index in [-0.39, 0.29) is 10.5 Å². The van der Waals surface area contributed by atoms with Crippen molar-refractivity contribution < 1.29 is 36.3 Å². The summed E-state index contributed by atoms with van der Waals surface area (Å²) in [5.41, 5.74) is 0.180. The number of carbonyl (C=O) groups is 2. The van der Waals surface area contributed by atoms with E-state index in [1.165, 1.54) is 19.2 Å². The van der Waals surface area contributed by atoms with Crippen molar-refractivity contribution >= 4 is 21.9 Å². The Morgan fingerprint density at radius 3 is 2.16 bits per heavy atom. The highest BCUT2D eigenvalue weighted by atomic mass is 32.2. The van der Waals surface area contributed by atoms with Crippen molar-refractivity contribution in [3.8, 4) is 0 Å². The van der Waals surface area contributed by atoms with Crippen LogP contribution in [-0.4, -0.2) is 56.0 Å². The fourth-order valence-electron chi connectivity index (χ4n) is 2.62. The van der Waals surface area contributed by atoms with Gasteiger partial charge in [0.25, 0.3) is 5.91 Å². The minimum Gasteiger partial charge on any atom is -0.481 e. The van der Waals surface area contributed by atoms with Crippen LogP contribution in [0.5, 0.6) is 0 Å². The van der Waals surface area contributed by atoms with E-state index in [9.17, 15) is 31.2 Å². The molecule has 0 saturated carbocycles. The zero-order valence-corrected chi connectivity index (χ0v) is 13.8. The number of carboxylic acids is 1. The van der Waals surface area contributed by atoms with Crippen LogP contribution in [0.15, 0.2) is 29.2 Å². The zero-order valence-electron chi connectivity index (χ0n) is 12.9. The summed E-state index contributed by atoms with van der Waals surface area (Å²) in [5.74, 6) is -6.28. The Labute approximate surface area is 141 Å². The highest BCUT2D eigenvalue weighted by molar-refractivity contribution is 7.89. The van der Waals surface area contributed by atoms with Crippen LogP contribution in [-0.2, 0) is 14.8 Å². The molecular formula is C14H15F3N2O5S. The first-order valence-electron chi connectivity index (χ1n) is 7.10. The molecular weight excluding hydrogens is 365 g/mol. The van der Waals surface area contributed by atoms with E-state index in [4.69, 9.17) is 5.11 Å². The van der Waals surface area contributed by atoms with Crippen LogP contribution in [0.2, 0.25) is 0 Å². The van der Waals surface area contributed by atoms with E-state index in [2.05, 4.69) is 5.32 Å². The Morgan fingerprint density at radius 1 is 1.20 bits per heavy atom. The van der Waals surface area contributed by atoms with Gasteiger partial charge in [-0.3, -0.25) is 9.59 Å². The molecule has 2 atom stereocenters. The summed E-state index contributed by atoms with van der Waals surface area (Å²) in [6.07, 6.45) is -4.82. The fraction of sp³-hybridized carbons (Fsp3) is 0.429. The lowest BCUT2D eigenvalue weighted by molar-refractivity contribution is -0.187. The van der Waals surface area contributed by atoms with Crippen molar-refractivity contribution in [1.29, 1.82) is 0 Å². The molecule has 0 aliphatic carbocycles. The van der Waals surface area contributed by atoms with E-state index in [0.29, 0.717) is 4.31 Å². The Hall–Kier alpha value is -2.14. The van der Waals surface area contributed by atoms with Crippen LogP contribution in [0.1, 0.15) is 10.4 Å². The van der Waals surface area contributed by atoms with Gasteiger partial charge in [-0.05, 0) is 24.3 Å². The van der Waals surface area contributed by atoms with Crippen LogP contribution >= 0.6 is 0 Å². The predicted molar refractivity (Wildman–Crippen MR) is 79.3 cm³/mol. The summed E-state index contributed by atoms with van der Waals surface area (Å²) in [7, 11) is -2.92. The fourth-order valence-corrected chi connectivity index (χ4v) is 4.11. The van der Waals surface area contributed by atoms with Crippen LogP contribution in [0.4, 0.5) is 13.2 Å². The van der Waals surface area contributed by atoms with Gasteiger partial charge in [0.15, 0.2) is 0 Å². The molecule has 0 spiro atoms. The maximum Gasteiger partial charge on any atom is 0.393 e. The number of alkyl halides is 3. The smallest absolute Gasteiger partial charge is 0.393 e. The number of sulfonamides is 1. The second-order valence-corrected chi connectivity index (χ2v) is 7.46. The quantitative estimate of drug-likeness (QED) is 0.809. The van der Waals surface area contributed by atoms with E-state index in [1.54, 1.807) is 0 Å². The highest BCUT2D eigenvalue weighted by Gasteiger charge is 2.54. The molecule has 0 unspecified atom stereocenters. The number of rotatable bonds is 4. The zero-order chi connectivity index (χ0) is 19.0. The molecule has 7 nitrogen and oxygen atoms in total. The monoisotopic (exact) mass is 380 g/mol. The third-order valence-corrected chi connectivity index (χ3v) is 5.85. The Morgan fingerprint density at radius 2 is 1.76 bits per heavy atom. The third-order valence-electron chi connectivity index (χ3n) is 4.01. The number of amides is 1. The number of carboxylic acid groups (broad SMARTS) is 1. The molecule has 138 valence electrons. The molecule has 11 heteroatoms. The summed E-state index contributed by atoms with van der Waals surface area (Å²) < 4.78 is 64.5. The van der Waals surface area contributed by atoms with E-state index in [1.807, 2.05) is 0 Å². The molecule has 0 aromatic heterocycles. The van der Waals surface area contributed by atoms with Crippen LogP contribution in [0, 0.1) is 11.8 Å². The number of nitrogens with one attached hydrogen (secondary N) is 1. The first kappa shape index (κ1) is 19.2. The van der Waals surface area contributed by atoms with Gasteiger partial charge in [-0.25, -0.2) is 8.42 Å². The van der Waals surface area contributed by atoms with Crippen LogP contribution in [0.3, 0.4) is 0 Å². The number of hydrogen-bond donors (Lipinski definition) is 2. The van der Waals surface area contributed by atoms with E-state index >= 15 is 0 Å². The van der Waals surface area contributed by atoms with E-state index in [0.717, 1.165) is 12.1 Å². The van der Waals surface area contributed by atoms with Gasteiger partial charge in [0.2, 0.25) is 10.0 Å². The third kappa shape index (κ3) is 3.76. The first-order valence-corrected chi connectivity index (χ1v) is 8.54. The highest BCUT2D eigenvalue weighted by Crippen LogP contribution is 2.39. The minimum absolute atomic E-state index is 0.180. The number of carbonyl (C=O) groups excluding carboxylic acids is 1. The Bertz CT molecular complexity index is 777. The molecule has 2 rings (SSSR count). The van der Waals surface area contributed by atoms with Crippen molar-refractivity contribution in [1.82, 2.24) is 9.62 Å². The molecule has 25 heavy (non-hydrogen) atoms. The molecule has 1 fully saturated rings. The topological polar surface area (TPSA) is 104 Å². The maximum atomic E-state index is 13.0. The number of nitrogens with zero attached hydrogens (tertiary/aromatic N) is 1. The second kappa shape index (κ2) is 6.64. The first-order chi connectivity index (χ1) is 11.5. The van der Waals surface area contributed by atoms with Gasteiger partial charge in [0.1, 0.15) is 0 Å². The normalized spacial score (nSPS) is 21.9. The lowest BCUT2D eigenvalue weighted by Crippen LogP contribution is -2.34. The molecule has 0 radical (unpaired) electrons. The van der Waals surface area contributed by atoms with Crippen LogP contribution in [0.25, 0.3) is 0 Å². The largest absolute Gasteiger partial charge is 0.481 e. The molecule has 1 aliphatic rings. The van der Waals surface area contributed by atoms with Crippen LogP contribution < -0.4 is 5.32 Å². The summed E-state index contributed by atoms with van der Waals surface area (Å²) in [5, 5.41) is 11.3. The molecule has 1 saturated heterocycles. The van der Waals surface area contributed by atoms with Gasteiger partial charge in [-0.1, -0.05) is 0 Å². The molecule has 1 heterocycles. The minimum atomic E-state index is -4.82. The molecule has 1 aromatic carbocycles. The van der Waals surface area contributed by atoms with Crippen molar-refractivity contribution in [2.24, 2.45) is 11.8 Å². The van der Waals surface area contributed by atoms with Gasteiger partial charge < -0.3 is 10.4 Å². The second-order valence-electron chi connectivity index (χ2n) is 5.52. The van der Waals surface area contributed by atoms with Gasteiger partial charge in [-0.2, -0.15) is 17.5 Å². The van der Waals surface area contributed by atoms with Gasteiger partial charge >= 0.3 is 12.1 Å². The standard InChI is InChI=1S/C14H15F3N2O5S/c1-18-12(20)8-2-4-9(5-3-8)25(23,24)19-6-10(13(21)22)11(7-19)14(15,16)17/h2-5,10-11H,6-7H2,1H3,(H,18,20)(H,21,22)/t10-,11-/m1/s1. The lowest BCUT2D eigenvalue weighted by atomic mass is 9.96. The van der Waals surface area contributed by atoms with Gasteiger partial charge in [-0.15, -0.1) is 0 Å².